The van der Waals surface area contributed by atoms with Crippen LogP contribution in [-0.2, 0) is 0 Å². The maximum atomic E-state index is 2.12. The maximum Gasteiger partial charge on any atom is -0.0184 e. The minimum Gasteiger partial charge on any atom is -0.0622 e. The van der Waals surface area contributed by atoms with E-state index in [-0.39, 0.29) is 0 Å². The Kier molecular flexibility index (Phi) is 4.18. The highest BCUT2D eigenvalue weighted by Gasteiger charge is 1.95. The van der Waals surface area contributed by atoms with Crippen LogP contribution in [-0.4, -0.2) is 0 Å². The molecule has 0 N–H and O–H groups in total. The van der Waals surface area contributed by atoms with Crippen molar-refractivity contribution in [3.8, 4) is 11.1 Å². The molecule has 16 heavy (non-hydrogen) atoms. The Bertz CT molecular complexity index is 343. The molecule has 0 amide bonds. The van der Waals surface area contributed by atoms with E-state index in [1.54, 1.807) is 0 Å². The second-order valence-electron chi connectivity index (χ2n) is 4.15. The molecule has 0 saturated heterocycles. The third kappa shape index (κ3) is 3.23. The van der Waals surface area contributed by atoms with Gasteiger partial charge < -0.3 is 0 Å². The summed E-state index contributed by atoms with van der Waals surface area (Å²) in [5, 5.41) is 0. The monoisotopic (exact) mass is 210 g/mol. The first kappa shape index (κ1) is 10.9. The summed E-state index contributed by atoms with van der Waals surface area (Å²) in [6, 6.07) is 20.8. The molecule has 0 heterocycles. The molecule has 0 radical (unpaired) electrons. The van der Waals surface area contributed by atoms with Crippen LogP contribution in [0.4, 0.5) is 0 Å². The van der Waals surface area contributed by atoms with E-state index in [9.17, 15) is 0 Å². The summed E-state index contributed by atoms with van der Waals surface area (Å²) in [4.78, 5) is 0. The van der Waals surface area contributed by atoms with Gasteiger partial charge in [0.15, 0.2) is 0 Å². The molecule has 0 atom stereocenters. The highest BCUT2D eigenvalue weighted by atomic mass is 14.0. The Morgan fingerprint density at radius 3 is 1.00 bits per heavy atom. The zero-order valence-corrected chi connectivity index (χ0v) is 9.60. The van der Waals surface area contributed by atoms with Crippen LogP contribution in [0.15, 0.2) is 60.7 Å². The van der Waals surface area contributed by atoms with Gasteiger partial charge in [-0.15, -0.1) is 0 Å². The fourth-order valence-corrected chi connectivity index (χ4v) is 1.51. The van der Waals surface area contributed by atoms with Crippen LogP contribution in [0.3, 0.4) is 0 Å². The van der Waals surface area contributed by atoms with E-state index >= 15 is 0 Å². The van der Waals surface area contributed by atoms with Crippen molar-refractivity contribution in [3.05, 3.63) is 60.7 Å². The minimum atomic E-state index is 1.28. The first-order chi connectivity index (χ1) is 7.97. The summed E-state index contributed by atoms with van der Waals surface area (Å²) >= 11 is 0. The van der Waals surface area contributed by atoms with Gasteiger partial charge >= 0.3 is 0 Å². The van der Waals surface area contributed by atoms with Crippen molar-refractivity contribution in [2.75, 3.05) is 0 Å². The van der Waals surface area contributed by atoms with Crippen molar-refractivity contribution in [2.45, 2.75) is 25.7 Å². The lowest BCUT2D eigenvalue weighted by molar-refractivity contribution is 0.504. The van der Waals surface area contributed by atoms with Crippen LogP contribution in [0.25, 0.3) is 11.1 Å². The van der Waals surface area contributed by atoms with Crippen molar-refractivity contribution in [1.29, 1.82) is 0 Å². The molecule has 3 rings (SSSR count). The van der Waals surface area contributed by atoms with Gasteiger partial charge in [0.2, 0.25) is 0 Å². The molecule has 0 nitrogen and oxygen atoms in total. The zero-order chi connectivity index (χ0) is 11.1. The molecule has 2 aromatic carbocycles. The van der Waals surface area contributed by atoms with E-state index in [1.165, 1.54) is 36.8 Å². The highest BCUT2D eigenvalue weighted by molar-refractivity contribution is 5.62. The van der Waals surface area contributed by atoms with E-state index in [2.05, 4.69) is 48.5 Å². The van der Waals surface area contributed by atoms with Gasteiger partial charge in [-0.3, -0.25) is 0 Å². The molecule has 1 aliphatic rings. The van der Waals surface area contributed by atoms with E-state index in [4.69, 9.17) is 0 Å². The predicted molar refractivity (Wildman–Crippen MR) is 70.3 cm³/mol. The fourth-order valence-electron chi connectivity index (χ4n) is 1.51. The summed E-state index contributed by atoms with van der Waals surface area (Å²) in [5.41, 5.74) is 2.55. The normalized spacial score (nSPS) is 13.2. The smallest absolute Gasteiger partial charge is 0.0184 e. The van der Waals surface area contributed by atoms with E-state index in [0.29, 0.717) is 0 Å². The lowest BCUT2D eigenvalue weighted by Gasteiger charge is -2.05. The Labute approximate surface area is 97.9 Å². The molecule has 0 unspecified atom stereocenters. The molecule has 0 heteroatoms. The number of rotatable bonds is 1. The Morgan fingerprint density at radius 1 is 0.438 bits per heavy atom. The van der Waals surface area contributed by atoms with Gasteiger partial charge in [-0.25, -0.2) is 0 Å². The van der Waals surface area contributed by atoms with E-state index in [0.717, 1.165) is 0 Å². The molecule has 2 aromatic rings. The molecule has 82 valence electrons. The SMILES string of the molecule is C1CCC1.c1ccc(-c2ccccc2)cc1. The van der Waals surface area contributed by atoms with Crippen LogP contribution in [0.2, 0.25) is 0 Å². The standard InChI is InChI=1S/C12H10.C4H8/c1-3-7-11(8-4-1)12-9-5-2-6-10-12;1-2-4-3-1/h1-10H;1-4H2. The Morgan fingerprint density at radius 2 is 0.750 bits per heavy atom. The van der Waals surface area contributed by atoms with Crippen molar-refractivity contribution in [1.82, 2.24) is 0 Å². The number of hydrogen-bond donors (Lipinski definition) is 0. The number of benzene rings is 2. The average molecular weight is 210 g/mol. The lowest BCUT2D eigenvalue weighted by atomic mass is 10.0. The molecule has 1 saturated carbocycles. The average Bonchev–Trinajstić information content (AvgIpc) is 2.29. The third-order valence-corrected chi connectivity index (χ3v) is 2.88. The lowest BCUT2D eigenvalue weighted by Crippen LogP contribution is -1.85. The summed E-state index contributed by atoms with van der Waals surface area (Å²) in [7, 11) is 0. The van der Waals surface area contributed by atoms with E-state index in [1.807, 2.05) is 12.1 Å². The molecule has 1 aliphatic carbocycles. The second kappa shape index (κ2) is 6.12. The largest absolute Gasteiger partial charge is 0.0622 e. The van der Waals surface area contributed by atoms with Gasteiger partial charge in [0, 0.05) is 0 Å². The van der Waals surface area contributed by atoms with Crippen LogP contribution >= 0.6 is 0 Å². The quantitative estimate of drug-likeness (QED) is 0.627. The topological polar surface area (TPSA) is 0 Å². The summed E-state index contributed by atoms with van der Waals surface area (Å²) in [6.07, 6.45) is 6.00. The highest BCUT2D eigenvalue weighted by Crippen LogP contribution is 2.17. The van der Waals surface area contributed by atoms with Gasteiger partial charge in [0.1, 0.15) is 0 Å². The molecular formula is C16H18. The van der Waals surface area contributed by atoms with Gasteiger partial charge in [-0.1, -0.05) is 86.3 Å². The number of hydrogen-bond acceptors (Lipinski definition) is 0. The van der Waals surface area contributed by atoms with Crippen LogP contribution in [0, 0.1) is 0 Å². The first-order valence-corrected chi connectivity index (χ1v) is 6.07. The molecule has 0 bridgehead atoms. The van der Waals surface area contributed by atoms with Gasteiger partial charge in [0.05, 0.1) is 0 Å². The summed E-state index contributed by atoms with van der Waals surface area (Å²) in [6.45, 7) is 0. The molecule has 1 fully saturated rings. The molecule has 0 aliphatic heterocycles. The van der Waals surface area contributed by atoms with Gasteiger partial charge in [-0.2, -0.15) is 0 Å². The predicted octanol–water partition coefficient (Wildman–Crippen LogP) is 4.91. The Hall–Kier alpha value is -1.56. The van der Waals surface area contributed by atoms with Crippen molar-refractivity contribution >= 4 is 0 Å². The van der Waals surface area contributed by atoms with Crippen molar-refractivity contribution < 1.29 is 0 Å². The summed E-state index contributed by atoms with van der Waals surface area (Å²) in [5.74, 6) is 0. The van der Waals surface area contributed by atoms with Crippen LogP contribution < -0.4 is 0 Å². The first-order valence-electron chi connectivity index (χ1n) is 6.07. The van der Waals surface area contributed by atoms with Crippen LogP contribution in [0.5, 0.6) is 0 Å². The Balaban J connectivity index is 0.000000203. The van der Waals surface area contributed by atoms with Gasteiger partial charge in [0.25, 0.3) is 0 Å². The van der Waals surface area contributed by atoms with E-state index < -0.39 is 0 Å². The maximum absolute atomic E-state index is 2.12. The molecular weight excluding hydrogens is 192 g/mol. The van der Waals surface area contributed by atoms with Crippen LogP contribution in [0.1, 0.15) is 25.7 Å². The van der Waals surface area contributed by atoms with Gasteiger partial charge in [-0.05, 0) is 11.1 Å². The van der Waals surface area contributed by atoms with Crippen molar-refractivity contribution in [2.24, 2.45) is 0 Å². The second-order valence-corrected chi connectivity index (χ2v) is 4.15. The fraction of sp³-hybridized carbons (Fsp3) is 0.250. The zero-order valence-electron chi connectivity index (χ0n) is 9.60. The molecule has 0 aromatic heterocycles. The minimum absolute atomic E-state index is 1.28. The molecule has 0 spiro atoms. The third-order valence-electron chi connectivity index (χ3n) is 2.88. The summed E-state index contributed by atoms with van der Waals surface area (Å²) < 4.78 is 0. The van der Waals surface area contributed by atoms with Crippen molar-refractivity contribution in [3.63, 3.8) is 0 Å².